The number of hydrogen-bond acceptors (Lipinski definition) is 3. The third-order valence-corrected chi connectivity index (χ3v) is 5.09. The van der Waals surface area contributed by atoms with E-state index in [1.807, 2.05) is 6.07 Å². The Hall–Kier alpha value is -0.330. The van der Waals surface area contributed by atoms with Crippen molar-refractivity contribution >= 4 is 37.8 Å². The van der Waals surface area contributed by atoms with Gasteiger partial charge in [-0.2, -0.15) is 0 Å². The van der Waals surface area contributed by atoms with Crippen LogP contribution in [-0.4, -0.2) is 17.6 Å². The lowest BCUT2D eigenvalue weighted by molar-refractivity contribution is -0.142. The summed E-state index contributed by atoms with van der Waals surface area (Å²) in [6.45, 7) is 1.35. The number of halogens is 2. The van der Waals surface area contributed by atoms with Gasteiger partial charge in [0.15, 0.2) is 4.67 Å². The second-order valence-electron chi connectivity index (χ2n) is 4.60. The summed E-state index contributed by atoms with van der Waals surface area (Å²) in [6, 6.07) is 1.90. The number of rotatable bonds is 5. The molecule has 100 valence electrons. The smallest absolute Gasteiger partial charge is 0.306 e. The molecule has 0 aliphatic heterocycles. The molecule has 4 nitrogen and oxygen atoms in total. The molecule has 0 aromatic carbocycles. The van der Waals surface area contributed by atoms with Crippen molar-refractivity contribution in [2.45, 2.75) is 25.8 Å². The van der Waals surface area contributed by atoms with E-state index in [1.165, 1.54) is 0 Å². The molecule has 1 saturated carbocycles. The maximum Gasteiger partial charge on any atom is 0.306 e. The van der Waals surface area contributed by atoms with E-state index in [4.69, 9.17) is 9.52 Å². The zero-order chi connectivity index (χ0) is 13.1. The predicted molar refractivity (Wildman–Crippen MR) is 74.3 cm³/mol. The van der Waals surface area contributed by atoms with E-state index in [0.717, 1.165) is 36.0 Å². The van der Waals surface area contributed by atoms with Crippen LogP contribution in [0, 0.1) is 11.8 Å². The van der Waals surface area contributed by atoms with Gasteiger partial charge in [-0.05, 0) is 63.2 Å². The highest BCUT2D eigenvalue weighted by atomic mass is 79.9. The Bertz CT molecular complexity index is 413. The van der Waals surface area contributed by atoms with Gasteiger partial charge in [0.2, 0.25) is 0 Å². The van der Waals surface area contributed by atoms with Crippen LogP contribution in [0.3, 0.4) is 0 Å². The normalized spacial score (nSPS) is 23.4. The molecule has 1 fully saturated rings. The quantitative estimate of drug-likeness (QED) is 0.821. The molecule has 0 radical (unpaired) electrons. The van der Waals surface area contributed by atoms with Crippen molar-refractivity contribution in [2.75, 3.05) is 6.54 Å². The van der Waals surface area contributed by atoms with Gasteiger partial charge >= 0.3 is 5.97 Å². The van der Waals surface area contributed by atoms with Crippen LogP contribution in [-0.2, 0) is 11.3 Å². The molecule has 0 spiro atoms. The first-order chi connectivity index (χ1) is 8.58. The van der Waals surface area contributed by atoms with Crippen LogP contribution in [0.4, 0.5) is 0 Å². The minimum atomic E-state index is -0.664. The second kappa shape index (κ2) is 6.21. The molecule has 18 heavy (non-hydrogen) atoms. The number of carbonyl (C=O) groups is 1. The molecule has 1 aromatic heterocycles. The first-order valence-electron chi connectivity index (χ1n) is 5.95. The second-order valence-corrected chi connectivity index (χ2v) is 6.18. The van der Waals surface area contributed by atoms with Gasteiger partial charge in [0.1, 0.15) is 5.76 Å². The summed E-state index contributed by atoms with van der Waals surface area (Å²) in [5, 5.41) is 12.4. The van der Waals surface area contributed by atoms with Gasteiger partial charge in [-0.3, -0.25) is 4.79 Å². The van der Waals surface area contributed by atoms with Crippen LogP contribution in [0.2, 0.25) is 0 Å². The van der Waals surface area contributed by atoms with Crippen molar-refractivity contribution < 1.29 is 14.3 Å². The SMILES string of the molecule is O=C(O)C1CCCC1CNCc1cc(Br)c(Br)o1. The zero-order valence-corrected chi connectivity index (χ0v) is 13.0. The van der Waals surface area contributed by atoms with E-state index in [2.05, 4.69) is 37.2 Å². The summed E-state index contributed by atoms with van der Waals surface area (Å²) < 4.78 is 7.02. The van der Waals surface area contributed by atoms with Crippen molar-refractivity contribution in [1.82, 2.24) is 5.32 Å². The number of nitrogens with one attached hydrogen (secondary N) is 1. The van der Waals surface area contributed by atoms with Crippen molar-refractivity contribution in [3.8, 4) is 0 Å². The highest BCUT2D eigenvalue weighted by molar-refractivity contribution is 9.13. The van der Waals surface area contributed by atoms with Crippen LogP contribution in [0.15, 0.2) is 19.6 Å². The van der Waals surface area contributed by atoms with Crippen LogP contribution in [0.1, 0.15) is 25.0 Å². The molecule has 0 bridgehead atoms. The molecule has 2 atom stereocenters. The van der Waals surface area contributed by atoms with Gasteiger partial charge in [0.05, 0.1) is 16.9 Å². The lowest BCUT2D eigenvalue weighted by Crippen LogP contribution is -2.28. The standard InChI is InChI=1S/C12H15Br2NO3/c13-10-4-8(18-11(10)14)6-15-5-7-2-1-3-9(7)12(16)17/h4,7,9,15H,1-3,5-6H2,(H,16,17). The average Bonchev–Trinajstić information content (AvgIpc) is 2.87. The lowest BCUT2D eigenvalue weighted by atomic mass is 9.96. The Morgan fingerprint density at radius 1 is 1.50 bits per heavy atom. The maximum absolute atomic E-state index is 11.0. The molecule has 2 unspecified atom stereocenters. The van der Waals surface area contributed by atoms with E-state index in [9.17, 15) is 4.79 Å². The Morgan fingerprint density at radius 2 is 2.28 bits per heavy atom. The lowest BCUT2D eigenvalue weighted by Gasteiger charge is -2.15. The highest BCUT2D eigenvalue weighted by Crippen LogP contribution is 2.31. The molecule has 0 amide bonds. The van der Waals surface area contributed by atoms with E-state index >= 15 is 0 Å². The Kier molecular flexibility index (Phi) is 4.86. The summed E-state index contributed by atoms with van der Waals surface area (Å²) in [5.41, 5.74) is 0. The van der Waals surface area contributed by atoms with Crippen molar-refractivity contribution in [2.24, 2.45) is 11.8 Å². The molecule has 1 aromatic rings. The maximum atomic E-state index is 11.0. The van der Waals surface area contributed by atoms with Gasteiger partial charge in [-0.1, -0.05) is 6.42 Å². The van der Waals surface area contributed by atoms with Crippen molar-refractivity contribution in [3.63, 3.8) is 0 Å². The summed E-state index contributed by atoms with van der Waals surface area (Å²) in [5.74, 6) is 0.221. The fourth-order valence-corrected chi connectivity index (χ4v) is 3.12. The van der Waals surface area contributed by atoms with Gasteiger partial charge in [-0.15, -0.1) is 0 Å². The van der Waals surface area contributed by atoms with Gasteiger partial charge < -0.3 is 14.8 Å². The van der Waals surface area contributed by atoms with Crippen LogP contribution < -0.4 is 5.32 Å². The highest BCUT2D eigenvalue weighted by Gasteiger charge is 2.32. The van der Waals surface area contributed by atoms with Crippen molar-refractivity contribution in [3.05, 3.63) is 21.0 Å². The van der Waals surface area contributed by atoms with Gasteiger partial charge in [0.25, 0.3) is 0 Å². The fraction of sp³-hybridized carbons (Fsp3) is 0.583. The molecule has 1 aliphatic carbocycles. The molecule has 2 N–H and O–H groups in total. The number of carboxylic acid groups (broad SMARTS) is 1. The average molecular weight is 381 g/mol. The Labute approximate surface area is 122 Å². The number of carboxylic acids is 1. The van der Waals surface area contributed by atoms with E-state index < -0.39 is 5.97 Å². The van der Waals surface area contributed by atoms with Gasteiger partial charge in [0, 0.05) is 0 Å². The largest absolute Gasteiger partial charge is 0.481 e. The number of hydrogen-bond donors (Lipinski definition) is 2. The predicted octanol–water partition coefficient (Wildman–Crippen LogP) is 3.40. The monoisotopic (exact) mass is 379 g/mol. The Morgan fingerprint density at radius 3 is 2.89 bits per heavy atom. The molecule has 1 heterocycles. The summed E-state index contributed by atoms with van der Waals surface area (Å²) >= 11 is 6.64. The van der Waals surface area contributed by atoms with Crippen molar-refractivity contribution in [1.29, 1.82) is 0 Å². The molecular formula is C12H15Br2NO3. The molecule has 6 heteroatoms. The van der Waals surface area contributed by atoms with Crippen LogP contribution in [0.5, 0.6) is 0 Å². The summed E-state index contributed by atoms with van der Waals surface area (Å²) in [6.07, 6.45) is 2.82. The Balaban J connectivity index is 1.80. The molecule has 2 rings (SSSR count). The van der Waals surface area contributed by atoms with Gasteiger partial charge in [-0.25, -0.2) is 0 Å². The topological polar surface area (TPSA) is 62.5 Å². The third-order valence-electron chi connectivity index (χ3n) is 3.38. The summed E-state index contributed by atoms with van der Waals surface area (Å²) in [4.78, 5) is 11.0. The first-order valence-corrected chi connectivity index (χ1v) is 7.53. The minimum Gasteiger partial charge on any atom is -0.481 e. The van der Waals surface area contributed by atoms with E-state index in [1.54, 1.807) is 0 Å². The molecule has 1 aliphatic rings. The first kappa shape index (κ1) is 14.1. The minimum absolute atomic E-state index is 0.187. The molecular weight excluding hydrogens is 366 g/mol. The van der Waals surface area contributed by atoms with E-state index in [-0.39, 0.29) is 11.8 Å². The van der Waals surface area contributed by atoms with Crippen LogP contribution in [0.25, 0.3) is 0 Å². The third kappa shape index (κ3) is 3.36. The van der Waals surface area contributed by atoms with E-state index in [0.29, 0.717) is 11.2 Å². The zero-order valence-electron chi connectivity index (χ0n) is 9.79. The fourth-order valence-electron chi connectivity index (χ4n) is 2.47. The summed E-state index contributed by atoms with van der Waals surface area (Å²) in [7, 11) is 0. The molecule has 0 saturated heterocycles. The van der Waals surface area contributed by atoms with Crippen LogP contribution >= 0.6 is 31.9 Å². The number of aliphatic carboxylic acids is 1. The number of furan rings is 1.